The summed E-state index contributed by atoms with van der Waals surface area (Å²) in [6.45, 7) is 2.15. The number of aliphatic imine (C=N–C) groups is 1. The van der Waals surface area contributed by atoms with E-state index in [0.717, 1.165) is 12.3 Å². The highest BCUT2D eigenvalue weighted by molar-refractivity contribution is 5.95. The molecule has 14 heavy (non-hydrogen) atoms. The summed E-state index contributed by atoms with van der Waals surface area (Å²) in [6.07, 6.45) is 15.4. The molecule has 1 atom stereocenters. The second-order valence-corrected chi connectivity index (χ2v) is 4.36. The van der Waals surface area contributed by atoms with Crippen LogP contribution in [-0.4, -0.2) is 5.71 Å². The van der Waals surface area contributed by atoms with E-state index < -0.39 is 0 Å². The van der Waals surface area contributed by atoms with Crippen molar-refractivity contribution in [2.75, 3.05) is 0 Å². The first kappa shape index (κ1) is 9.70. The minimum Gasteiger partial charge on any atom is -0.262 e. The minimum atomic E-state index is 0.628. The molecule has 1 fully saturated rings. The molecule has 1 nitrogen and oxygen atoms in total. The lowest BCUT2D eigenvalue weighted by molar-refractivity contribution is 0.606. The monoisotopic (exact) mass is 189 g/mol. The lowest BCUT2D eigenvalue weighted by Gasteiger charge is -2.04. The van der Waals surface area contributed by atoms with Crippen molar-refractivity contribution in [3.8, 4) is 0 Å². The van der Waals surface area contributed by atoms with Gasteiger partial charge >= 0.3 is 0 Å². The largest absolute Gasteiger partial charge is 0.262 e. The third-order valence-electron chi connectivity index (χ3n) is 3.08. The Morgan fingerprint density at radius 3 is 2.86 bits per heavy atom. The molecule has 0 aromatic heterocycles. The van der Waals surface area contributed by atoms with E-state index in [0.29, 0.717) is 5.92 Å². The van der Waals surface area contributed by atoms with Gasteiger partial charge in [-0.25, -0.2) is 0 Å². The SMILES string of the molecule is CCC1=NC=CC(CCC2CC2)C=C1. The van der Waals surface area contributed by atoms with Crippen molar-refractivity contribution in [3.05, 3.63) is 24.4 Å². The van der Waals surface area contributed by atoms with Crippen molar-refractivity contribution in [3.63, 3.8) is 0 Å². The van der Waals surface area contributed by atoms with Gasteiger partial charge in [0.15, 0.2) is 0 Å². The molecule has 0 radical (unpaired) electrons. The Hall–Kier alpha value is -0.850. The summed E-state index contributed by atoms with van der Waals surface area (Å²) in [5, 5.41) is 0. The van der Waals surface area contributed by atoms with Gasteiger partial charge in [0.05, 0.1) is 0 Å². The Bertz CT molecular complexity index is 269. The van der Waals surface area contributed by atoms with Crippen LogP contribution in [0.2, 0.25) is 0 Å². The first-order chi connectivity index (χ1) is 6.88. The van der Waals surface area contributed by atoms with E-state index in [4.69, 9.17) is 0 Å². The Balaban J connectivity index is 1.83. The molecular weight excluding hydrogens is 170 g/mol. The maximum absolute atomic E-state index is 4.38. The Labute approximate surface area is 86.6 Å². The molecule has 0 aromatic rings. The number of hydrogen-bond acceptors (Lipinski definition) is 1. The highest BCUT2D eigenvalue weighted by atomic mass is 14.7. The molecule has 0 spiro atoms. The van der Waals surface area contributed by atoms with Crippen LogP contribution in [0.5, 0.6) is 0 Å². The van der Waals surface area contributed by atoms with Crippen molar-refractivity contribution in [2.45, 2.75) is 39.0 Å². The fourth-order valence-corrected chi connectivity index (χ4v) is 1.83. The predicted octanol–water partition coefficient (Wildman–Crippen LogP) is 3.73. The standard InChI is InChI=1S/C13H19N/c1-2-13-8-7-12(9-10-14-13)6-5-11-3-4-11/h7-12H,2-6H2,1H3. The van der Waals surface area contributed by atoms with Crippen LogP contribution in [0, 0.1) is 11.8 Å². The molecule has 1 heterocycles. The van der Waals surface area contributed by atoms with Gasteiger partial charge in [-0.2, -0.15) is 0 Å². The third-order valence-corrected chi connectivity index (χ3v) is 3.08. The van der Waals surface area contributed by atoms with E-state index in [-0.39, 0.29) is 0 Å². The van der Waals surface area contributed by atoms with E-state index in [1.807, 2.05) is 6.20 Å². The van der Waals surface area contributed by atoms with Gasteiger partial charge in [0.2, 0.25) is 0 Å². The molecule has 0 bridgehead atoms. The summed E-state index contributed by atoms with van der Waals surface area (Å²) in [6, 6.07) is 0. The molecule has 76 valence electrons. The zero-order chi connectivity index (χ0) is 9.80. The fourth-order valence-electron chi connectivity index (χ4n) is 1.83. The molecule has 0 aromatic carbocycles. The summed E-state index contributed by atoms with van der Waals surface area (Å²) in [5.74, 6) is 1.68. The molecular formula is C13H19N. The average Bonchev–Trinajstić information content (AvgIpc) is 3.02. The van der Waals surface area contributed by atoms with Crippen LogP contribution in [0.25, 0.3) is 0 Å². The van der Waals surface area contributed by atoms with E-state index >= 15 is 0 Å². The van der Waals surface area contributed by atoms with Crippen LogP contribution in [0.3, 0.4) is 0 Å². The minimum absolute atomic E-state index is 0.628. The zero-order valence-electron chi connectivity index (χ0n) is 8.95. The van der Waals surface area contributed by atoms with Gasteiger partial charge in [-0.05, 0) is 37.2 Å². The van der Waals surface area contributed by atoms with Crippen LogP contribution in [-0.2, 0) is 0 Å². The average molecular weight is 189 g/mol. The smallest absolute Gasteiger partial charge is 0.0397 e. The molecule has 1 aliphatic carbocycles. The summed E-state index contributed by atoms with van der Waals surface area (Å²) >= 11 is 0. The molecule has 2 rings (SSSR count). The normalized spacial score (nSPS) is 26.1. The van der Waals surface area contributed by atoms with E-state index in [1.54, 1.807) is 0 Å². The summed E-state index contributed by atoms with van der Waals surface area (Å²) in [5.41, 5.74) is 1.20. The second kappa shape index (κ2) is 4.59. The van der Waals surface area contributed by atoms with Gasteiger partial charge in [-0.1, -0.05) is 31.9 Å². The van der Waals surface area contributed by atoms with Crippen molar-refractivity contribution in [1.29, 1.82) is 0 Å². The topological polar surface area (TPSA) is 12.4 Å². The molecule has 0 amide bonds. The highest BCUT2D eigenvalue weighted by Gasteiger charge is 2.21. The molecule has 1 unspecified atom stereocenters. The number of allylic oxidation sites excluding steroid dienone is 3. The molecule has 1 saturated carbocycles. The van der Waals surface area contributed by atoms with Crippen molar-refractivity contribution in [2.24, 2.45) is 16.8 Å². The van der Waals surface area contributed by atoms with Gasteiger partial charge in [-0.15, -0.1) is 0 Å². The van der Waals surface area contributed by atoms with Crippen molar-refractivity contribution >= 4 is 5.71 Å². The van der Waals surface area contributed by atoms with Crippen LogP contribution in [0.1, 0.15) is 39.0 Å². The van der Waals surface area contributed by atoms with Crippen molar-refractivity contribution in [1.82, 2.24) is 0 Å². The van der Waals surface area contributed by atoms with E-state index in [2.05, 4.69) is 30.1 Å². The number of rotatable bonds is 4. The van der Waals surface area contributed by atoms with Gasteiger partial charge in [0.25, 0.3) is 0 Å². The summed E-state index contributed by atoms with van der Waals surface area (Å²) in [7, 11) is 0. The van der Waals surface area contributed by atoms with Gasteiger partial charge < -0.3 is 0 Å². The Kier molecular flexibility index (Phi) is 3.18. The van der Waals surface area contributed by atoms with E-state index in [1.165, 1.54) is 31.4 Å². The summed E-state index contributed by atoms with van der Waals surface area (Å²) < 4.78 is 0. The quantitative estimate of drug-likeness (QED) is 0.639. The first-order valence-corrected chi connectivity index (χ1v) is 5.80. The predicted molar refractivity (Wildman–Crippen MR) is 61.5 cm³/mol. The lowest BCUT2D eigenvalue weighted by atomic mass is 10.0. The second-order valence-electron chi connectivity index (χ2n) is 4.36. The van der Waals surface area contributed by atoms with Gasteiger partial charge in [-0.3, -0.25) is 4.99 Å². The van der Waals surface area contributed by atoms with Gasteiger partial charge in [0.1, 0.15) is 0 Å². The maximum atomic E-state index is 4.38. The highest BCUT2D eigenvalue weighted by Crippen LogP contribution is 2.35. The molecule has 1 heteroatoms. The van der Waals surface area contributed by atoms with Gasteiger partial charge in [0, 0.05) is 11.9 Å². The Morgan fingerprint density at radius 1 is 1.29 bits per heavy atom. The summed E-state index contributed by atoms with van der Waals surface area (Å²) in [4.78, 5) is 4.38. The van der Waals surface area contributed by atoms with Crippen LogP contribution in [0.15, 0.2) is 29.4 Å². The van der Waals surface area contributed by atoms with Crippen molar-refractivity contribution < 1.29 is 0 Å². The van der Waals surface area contributed by atoms with Crippen LogP contribution >= 0.6 is 0 Å². The first-order valence-electron chi connectivity index (χ1n) is 5.80. The number of hydrogen-bond donors (Lipinski definition) is 0. The molecule has 0 N–H and O–H groups in total. The van der Waals surface area contributed by atoms with E-state index in [9.17, 15) is 0 Å². The fraction of sp³-hybridized carbons (Fsp3) is 0.615. The zero-order valence-corrected chi connectivity index (χ0v) is 8.95. The molecule has 1 aliphatic heterocycles. The lowest BCUT2D eigenvalue weighted by Crippen LogP contribution is -1.93. The molecule has 0 saturated heterocycles. The van der Waals surface area contributed by atoms with Crippen LogP contribution in [0.4, 0.5) is 0 Å². The number of nitrogens with zero attached hydrogens (tertiary/aromatic N) is 1. The third kappa shape index (κ3) is 2.83. The maximum Gasteiger partial charge on any atom is 0.0397 e. The Morgan fingerprint density at radius 2 is 2.14 bits per heavy atom. The van der Waals surface area contributed by atoms with Crippen LogP contribution < -0.4 is 0 Å². The molecule has 2 aliphatic rings.